The molecule has 0 fully saturated rings. The van der Waals surface area contributed by atoms with Crippen LogP contribution in [0, 0.1) is 5.92 Å². The van der Waals surface area contributed by atoms with Crippen LogP contribution in [0.2, 0.25) is 0 Å². The minimum atomic E-state index is -0.189. The van der Waals surface area contributed by atoms with E-state index in [0.717, 1.165) is 13.0 Å². The summed E-state index contributed by atoms with van der Waals surface area (Å²) in [6.07, 6.45) is 3.93. The van der Waals surface area contributed by atoms with Crippen LogP contribution in [-0.2, 0) is 4.74 Å². The minimum Gasteiger partial charge on any atom is -0.381 e. The van der Waals surface area contributed by atoms with Crippen LogP contribution in [0.5, 0.6) is 0 Å². The molecule has 0 bridgehead atoms. The lowest BCUT2D eigenvalue weighted by molar-refractivity contribution is 0.110. The molecule has 2 N–H and O–H groups in total. The number of aromatic amines is 1. The number of nitrogens with one attached hydrogen (secondary N) is 2. The highest BCUT2D eigenvalue weighted by Crippen LogP contribution is 1.94. The Morgan fingerprint density at radius 2 is 2.38 bits per heavy atom. The molecule has 1 aromatic heterocycles. The molecule has 0 saturated heterocycles. The lowest BCUT2D eigenvalue weighted by Gasteiger charge is -2.07. The van der Waals surface area contributed by atoms with Crippen molar-refractivity contribution in [2.45, 2.75) is 20.3 Å². The Morgan fingerprint density at radius 1 is 1.56 bits per heavy atom. The van der Waals surface area contributed by atoms with Crippen molar-refractivity contribution in [3.05, 3.63) is 22.7 Å². The Balaban J connectivity index is 2.12. The number of nitrogens with zero attached hydrogens (tertiary/aromatic N) is 1. The number of rotatable bonds is 7. The van der Waals surface area contributed by atoms with Gasteiger partial charge in [0.25, 0.3) is 5.56 Å². The highest BCUT2D eigenvalue weighted by Gasteiger charge is 1.98. The molecular weight excluding hydrogens is 206 g/mol. The third-order valence-electron chi connectivity index (χ3n) is 1.92. The maximum atomic E-state index is 11.2. The summed E-state index contributed by atoms with van der Waals surface area (Å²) in [5.74, 6) is 0.929. The van der Waals surface area contributed by atoms with Gasteiger partial charge in [0.1, 0.15) is 0 Å². The molecule has 0 aliphatic heterocycles. The fourth-order valence-corrected chi connectivity index (χ4v) is 1.18. The van der Waals surface area contributed by atoms with Crippen molar-refractivity contribution in [2.75, 3.05) is 25.1 Å². The Bertz CT molecular complexity index is 349. The van der Waals surface area contributed by atoms with Gasteiger partial charge in [-0.1, -0.05) is 13.8 Å². The van der Waals surface area contributed by atoms with Gasteiger partial charge in [0.2, 0.25) is 0 Å². The molecule has 0 unspecified atom stereocenters. The Morgan fingerprint density at radius 3 is 3.06 bits per heavy atom. The lowest BCUT2D eigenvalue weighted by atomic mass is 10.2. The third-order valence-corrected chi connectivity index (χ3v) is 1.92. The largest absolute Gasteiger partial charge is 0.381 e. The highest BCUT2D eigenvalue weighted by atomic mass is 16.5. The van der Waals surface area contributed by atoms with Crippen LogP contribution in [-0.4, -0.2) is 29.7 Å². The van der Waals surface area contributed by atoms with E-state index < -0.39 is 0 Å². The third kappa shape index (κ3) is 4.93. The topological polar surface area (TPSA) is 67.0 Å². The van der Waals surface area contributed by atoms with Crippen molar-refractivity contribution in [1.29, 1.82) is 0 Å². The summed E-state index contributed by atoms with van der Waals surface area (Å²) in [7, 11) is 0. The average molecular weight is 225 g/mol. The molecule has 16 heavy (non-hydrogen) atoms. The number of H-pyrrole nitrogens is 1. The van der Waals surface area contributed by atoms with Gasteiger partial charge in [-0.05, 0) is 12.3 Å². The van der Waals surface area contributed by atoms with E-state index >= 15 is 0 Å². The van der Waals surface area contributed by atoms with E-state index in [1.54, 1.807) is 6.20 Å². The maximum absolute atomic E-state index is 11.2. The van der Waals surface area contributed by atoms with Gasteiger partial charge in [-0.2, -0.15) is 0 Å². The van der Waals surface area contributed by atoms with Gasteiger partial charge in [-0.15, -0.1) is 0 Å². The molecule has 1 rings (SSSR count). The molecule has 1 aromatic rings. The number of hydrogen-bond donors (Lipinski definition) is 2. The minimum absolute atomic E-state index is 0.189. The molecule has 0 amide bonds. The van der Waals surface area contributed by atoms with Crippen LogP contribution >= 0.6 is 0 Å². The monoisotopic (exact) mass is 225 g/mol. The van der Waals surface area contributed by atoms with Crippen molar-refractivity contribution < 1.29 is 4.74 Å². The summed E-state index contributed by atoms with van der Waals surface area (Å²) in [5.41, 5.74) is -0.189. The Kier molecular flexibility index (Phi) is 5.56. The predicted octanol–water partition coefficient (Wildman–Crippen LogP) is 1.24. The number of aromatic nitrogens is 2. The van der Waals surface area contributed by atoms with E-state index in [9.17, 15) is 4.79 Å². The molecule has 5 nitrogen and oxygen atoms in total. The molecular formula is C11H19N3O2. The molecule has 1 heterocycles. The van der Waals surface area contributed by atoms with Gasteiger partial charge in [0.05, 0.1) is 0 Å². The van der Waals surface area contributed by atoms with Crippen molar-refractivity contribution in [3.8, 4) is 0 Å². The van der Waals surface area contributed by atoms with Crippen molar-refractivity contribution in [3.63, 3.8) is 0 Å². The first-order valence-corrected chi connectivity index (χ1v) is 5.55. The molecule has 0 radical (unpaired) electrons. The summed E-state index contributed by atoms with van der Waals surface area (Å²) in [4.78, 5) is 17.7. The maximum Gasteiger partial charge on any atom is 0.290 e. The second kappa shape index (κ2) is 7.00. The zero-order chi connectivity index (χ0) is 11.8. The van der Waals surface area contributed by atoms with Gasteiger partial charge in [-0.25, -0.2) is 4.98 Å². The number of hydrogen-bond acceptors (Lipinski definition) is 4. The van der Waals surface area contributed by atoms with E-state index in [4.69, 9.17) is 4.74 Å². The highest BCUT2D eigenvalue weighted by molar-refractivity contribution is 5.29. The number of anilines is 1. The first kappa shape index (κ1) is 12.7. The van der Waals surface area contributed by atoms with Crippen molar-refractivity contribution >= 4 is 5.82 Å². The zero-order valence-electron chi connectivity index (χ0n) is 9.82. The van der Waals surface area contributed by atoms with Crippen molar-refractivity contribution in [1.82, 2.24) is 9.97 Å². The summed E-state index contributed by atoms with van der Waals surface area (Å²) in [6.45, 7) is 6.41. The normalized spacial score (nSPS) is 10.7. The van der Waals surface area contributed by atoms with E-state index in [1.165, 1.54) is 6.20 Å². The number of ether oxygens (including phenoxy) is 1. The fraction of sp³-hybridized carbons (Fsp3) is 0.636. The van der Waals surface area contributed by atoms with E-state index in [0.29, 0.717) is 24.9 Å². The van der Waals surface area contributed by atoms with E-state index in [1.807, 2.05) is 0 Å². The van der Waals surface area contributed by atoms with E-state index in [2.05, 4.69) is 29.1 Å². The molecule has 5 heteroatoms. The van der Waals surface area contributed by atoms with Crippen LogP contribution in [0.3, 0.4) is 0 Å². The molecule has 0 saturated carbocycles. The summed E-state index contributed by atoms with van der Waals surface area (Å²) in [5, 5.41) is 2.97. The Labute approximate surface area is 95.3 Å². The van der Waals surface area contributed by atoms with Crippen LogP contribution in [0.1, 0.15) is 20.3 Å². The van der Waals surface area contributed by atoms with Crippen LogP contribution in [0.25, 0.3) is 0 Å². The quantitative estimate of drug-likeness (QED) is 0.685. The van der Waals surface area contributed by atoms with Crippen molar-refractivity contribution in [2.24, 2.45) is 5.92 Å². The van der Waals surface area contributed by atoms with Crippen LogP contribution in [0.15, 0.2) is 17.2 Å². The smallest absolute Gasteiger partial charge is 0.290 e. The summed E-state index contributed by atoms with van der Waals surface area (Å²) >= 11 is 0. The SMILES string of the molecule is CC(C)COCCCNc1ncc[nH]c1=O. The van der Waals surface area contributed by atoms with Gasteiger partial charge in [-0.3, -0.25) is 4.79 Å². The second-order valence-electron chi connectivity index (χ2n) is 4.02. The van der Waals surface area contributed by atoms with Gasteiger partial charge >= 0.3 is 0 Å². The first-order chi connectivity index (χ1) is 7.70. The molecule has 0 atom stereocenters. The van der Waals surface area contributed by atoms with E-state index in [-0.39, 0.29) is 5.56 Å². The molecule has 90 valence electrons. The second-order valence-corrected chi connectivity index (χ2v) is 4.02. The van der Waals surface area contributed by atoms with Gasteiger partial charge in [0, 0.05) is 32.2 Å². The molecule has 0 spiro atoms. The summed E-state index contributed by atoms with van der Waals surface area (Å²) < 4.78 is 5.42. The van der Waals surface area contributed by atoms with Gasteiger partial charge in [0.15, 0.2) is 5.82 Å². The fourth-order valence-electron chi connectivity index (χ4n) is 1.18. The van der Waals surface area contributed by atoms with Gasteiger partial charge < -0.3 is 15.0 Å². The zero-order valence-corrected chi connectivity index (χ0v) is 9.82. The Hall–Kier alpha value is -1.36. The lowest BCUT2D eigenvalue weighted by Crippen LogP contribution is -2.17. The average Bonchev–Trinajstić information content (AvgIpc) is 2.25. The first-order valence-electron chi connectivity index (χ1n) is 5.55. The molecule has 0 aliphatic carbocycles. The standard InChI is InChI=1S/C11H19N3O2/c1-9(2)8-16-7-3-4-12-10-11(15)14-6-5-13-10/h5-6,9H,3-4,7-8H2,1-2H3,(H,12,13)(H,14,15). The van der Waals surface area contributed by atoms with Crippen LogP contribution in [0.4, 0.5) is 5.82 Å². The molecule has 0 aromatic carbocycles. The predicted molar refractivity (Wildman–Crippen MR) is 63.6 cm³/mol. The van der Waals surface area contributed by atoms with Crippen LogP contribution < -0.4 is 10.9 Å². The summed E-state index contributed by atoms with van der Waals surface area (Å²) in [6, 6.07) is 0. The molecule has 0 aliphatic rings.